The molecule has 2 aliphatic heterocycles. The van der Waals surface area contributed by atoms with Gasteiger partial charge in [0.05, 0.1) is 24.8 Å². The van der Waals surface area contributed by atoms with E-state index in [1.54, 1.807) is 20.9 Å². The Bertz CT molecular complexity index is 993. The lowest BCUT2D eigenvalue weighted by Gasteiger charge is -2.52. The van der Waals surface area contributed by atoms with Crippen LogP contribution in [0.5, 0.6) is 5.75 Å². The molecular formula is C19H30N6O4S. The molecule has 2 aliphatic rings. The Balaban J connectivity index is 2.31. The summed E-state index contributed by atoms with van der Waals surface area (Å²) in [5.74, 6) is 1.36. The number of ether oxygens (including phenoxy) is 2. The molecule has 1 unspecified atom stereocenters. The molecule has 11 heteroatoms. The molecule has 1 saturated heterocycles. The van der Waals surface area contributed by atoms with Crippen LogP contribution in [0.3, 0.4) is 0 Å². The maximum atomic E-state index is 12.6. The summed E-state index contributed by atoms with van der Waals surface area (Å²) in [6, 6.07) is 0.00289. The topological polar surface area (TPSA) is 135 Å². The summed E-state index contributed by atoms with van der Waals surface area (Å²) in [6.07, 6.45) is 3.65. The van der Waals surface area contributed by atoms with E-state index in [9.17, 15) is 8.42 Å². The molecule has 0 aromatic carbocycles. The Morgan fingerprint density at radius 3 is 2.67 bits per heavy atom. The third-order valence-electron chi connectivity index (χ3n) is 5.82. The van der Waals surface area contributed by atoms with Crippen LogP contribution in [0.25, 0.3) is 0 Å². The minimum atomic E-state index is -3.53. The highest BCUT2D eigenvalue weighted by atomic mass is 32.2. The van der Waals surface area contributed by atoms with Gasteiger partial charge in [0.1, 0.15) is 22.9 Å². The maximum absolute atomic E-state index is 12.6. The SMILES string of the molecule is C[C@@H]1COCC2(C)COc3c(nc(N(C)/C(N)=C/C=N)nc3C(C)(C)S(C)(=O)=O)N12. The van der Waals surface area contributed by atoms with Crippen molar-refractivity contribution in [1.82, 2.24) is 9.97 Å². The Morgan fingerprint density at radius 2 is 2.07 bits per heavy atom. The molecule has 0 aliphatic carbocycles. The Kier molecular flexibility index (Phi) is 5.48. The number of hydrogen-bond acceptors (Lipinski definition) is 10. The zero-order valence-corrected chi connectivity index (χ0v) is 19.1. The van der Waals surface area contributed by atoms with Gasteiger partial charge >= 0.3 is 0 Å². The van der Waals surface area contributed by atoms with E-state index in [0.717, 1.165) is 6.21 Å². The molecule has 0 radical (unpaired) electrons. The first kappa shape index (κ1) is 22.3. The summed E-state index contributed by atoms with van der Waals surface area (Å²) in [7, 11) is -1.87. The molecule has 3 heterocycles. The smallest absolute Gasteiger partial charge is 0.233 e. The van der Waals surface area contributed by atoms with Crippen LogP contribution >= 0.6 is 0 Å². The largest absolute Gasteiger partial charge is 0.485 e. The summed E-state index contributed by atoms with van der Waals surface area (Å²) in [4.78, 5) is 12.9. The first-order chi connectivity index (χ1) is 13.8. The minimum Gasteiger partial charge on any atom is -0.485 e. The normalized spacial score (nSPS) is 24.5. The van der Waals surface area contributed by atoms with Crippen molar-refractivity contribution in [2.45, 2.75) is 44.0 Å². The lowest BCUT2D eigenvalue weighted by atomic mass is 9.95. The summed E-state index contributed by atoms with van der Waals surface area (Å²) in [5, 5.41) is 7.27. The highest BCUT2D eigenvalue weighted by Crippen LogP contribution is 2.46. The van der Waals surface area contributed by atoms with Crippen molar-refractivity contribution in [3.8, 4) is 5.75 Å². The monoisotopic (exact) mass is 438 g/mol. The fourth-order valence-corrected chi connectivity index (χ4v) is 4.19. The average Bonchev–Trinajstić information content (AvgIpc) is 2.65. The molecule has 166 valence electrons. The van der Waals surface area contributed by atoms with Crippen LogP contribution in [-0.4, -0.2) is 69.3 Å². The van der Waals surface area contributed by atoms with Gasteiger partial charge in [-0.1, -0.05) is 0 Å². The quantitative estimate of drug-likeness (QED) is 0.646. The standard InChI is InChI=1S/C19H30N6O4S/c1-12-9-28-10-19(4)11-29-14-15(18(2,3)30(6,26)27)22-17(23-16(14)25(12)19)24(5)13(21)7-8-20/h7-8,12,20H,9-11,21H2,1-6H3/b13-7+,20-8?/t12-,19?/m1/s1. The molecule has 1 aromatic heterocycles. The van der Waals surface area contributed by atoms with Gasteiger partial charge in [0.15, 0.2) is 21.4 Å². The van der Waals surface area contributed by atoms with Crippen molar-refractivity contribution in [2.75, 3.05) is 42.9 Å². The number of allylic oxidation sites excluding steroid dienone is 1. The molecule has 0 spiro atoms. The summed E-state index contributed by atoms with van der Waals surface area (Å²) < 4.78 is 35.8. The molecule has 0 amide bonds. The number of fused-ring (bicyclic) bond motifs is 3. The van der Waals surface area contributed by atoms with Crippen LogP contribution in [0.1, 0.15) is 33.4 Å². The van der Waals surface area contributed by atoms with E-state index in [0.29, 0.717) is 31.4 Å². The lowest BCUT2D eigenvalue weighted by molar-refractivity contribution is 0.00705. The first-order valence-electron chi connectivity index (χ1n) is 9.65. The van der Waals surface area contributed by atoms with E-state index in [-0.39, 0.29) is 23.5 Å². The number of hydrogen-bond donors (Lipinski definition) is 2. The highest BCUT2D eigenvalue weighted by molar-refractivity contribution is 7.91. The van der Waals surface area contributed by atoms with Gasteiger partial charge in [0.2, 0.25) is 5.95 Å². The van der Waals surface area contributed by atoms with Crippen LogP contribution in [-0.2, 0) is 19.3 Å². The molecule has 3 rings (SSSR count). The third kappa shape index (κ3) is 3.49. The maximum Gasteiger partial charge on any atom is 0.233 e. The third-order valence-corrected chi connectivity index (χ3v) is 7.87. The number of morpholine rings is 1. The van der Waals surface area contributed by atoms with Crippen molar-refractivity contribution in [3.63, 3.8) is 0 Å². The van der Waals surface area contributed by atoms with Gasteiger partial charge in [-0.15, -0.1) is 0 Å². The first-order valence-corrected chi connectivity index (χ1v) is 11.5. The molecule has 0 saturated carbocycles. The van der Waals surface area contributed by atoms with E-state index >= 15 is 0 Å². The lowest BCUT2D eigenvalue weighted by Crippen LogP contribution is -2.64. The van der Waals surface area contributed by atoms with Crippen molar-refractivity contribution in [3.05, 3.63) is 17.6 Å². The average molecular weight is 439 g/mol. The van der Waals surface area contributed by atoms with Gasteiger partial charge in [0.25, 0.3) is 0 Å². The number of nitrogens with two attached hydrogens (primary N) is 1. The molecule has 1 aromatic rings. The van der Waals surface area contributed by atoms with Gasteiger partial charge in [-0.3, -0.25) is 4.90 Å². The second-order valence-corrected chi connectivity index (χ2v) is 11.2. The number of anilines is 2. The van der Waals surface area contributed by atoms with E-state index in [1.165, 1.54) is 17.2 Å². The van der Waals surface area contributed by atoms with Crippen molar-refractivity contribution in [1.29, 1.82) is 5.41 Å². The fraction of sp³-hybridized carbons (Fsp3) is 0.632. The van der Waals surface area contributed by atoms with Crippen molar-refractivity contribution < 1.29 is 17.9 Å². The Hall–Kier alpha value is -2.40. The van der Waals surface area contributed by atoms with Crippen molar-refractivity contribution in [2.24, 2.45) is 5.73 Å². The number of nitrogens with zero attached hydrogens (tertiary/aromatic N) is 4. The van der Waals surface area contributed by atoms with E-state index in [2.05, 4.69) is 9.88 Å². The zero-order valence-electron chi connectivity index (χ0n) is 18.3. The molecule has 2 atom stereocenters. The second-order valence-electron chi connectivity index (χ2n) is 8.64. The van der Waals surface area contributed by atoms with Gasteiger partial charge in [-0.05, 0) is 33.8 Å². The predicted molar refractivity (Wildman–Crippen MR) is 116 cm³/mol. The second kappa shape index (κ2) is 7.38. The summed E-state index contributed by atoms with van der Waals surface area (Å²) >= 11 is 0. The van der Waals surface area contributed by atoms with Crippen LogP contribution in [0.15, 0.2) is 11.9 Å². The van der Waals surface area contributed by atoms with Crippen LogP contribution in [0, 0.1) is 5.41 Å². The molecule has 30 heavy (non-hydrogen) atoms. The molecule has 10 nitrogen and oxygen atoms in total. The summed E-state index contributed by atoms with van der Waals surface area (Å²) in [6.45, 7) is 8.57. The number of nitrogens with one attached hydrogen (secondary N) is 1. The highest BCUT2D eigenvalue weighted by Gasteiger charge is 2.48. The number of sulfone groups is 1. The molecule has 3 N–H and O–H groups in total. The van der Waals surface area contributed by atoms with Gasteiger partial charge in [0, 0.05) is 19.5 Å². The van der Waals surface area contributed by atoms with E-state index < -0.39 is 20.1 Å². The molecular weight excluding hydrogens is 408 g/mol. The number of rotatable bonds is 5. The van der Waals surface area contributed by atoms with E-state index in [1.807, 2.05) is 13.8 Å². The summed E-state index contributed by atoms with van der Waals surface area (Å²) in [5.41, 5.74) is 5.87. The van der Waals surface area contributed by atoms with Gasteiger partial charge < -0.3 is 25.5 Å². The molecule has 1 fully saturated rings. The van der Waals surface area contributed by atoms with Crippen LogP contribution in [0.2, 0.25) is 0 Å². The zero-order chi connectivity index (χ0) is 22.5. The number of aromatic nitrogens is 2. The fourth-order valence-electron chi connectivity index (χ4n) is 3.70. The Morgan fingerprint density at radius 1 is 1.40 bits per heavy atom. The van der Waals surface area contributed by atoms with Crippen LogP contribution in [0.4, 0.5) is 11.8 Å². The van der Waals surface area contributed by atoms with Crippen LogP contribution < -0.4 is 20.3 Å². The van der Waals surface area contributed by atoms with Gasteiger partial charge in [-0.25, -0.2) is 13.4 Å². The predicted octanol–water partition coefficient (Wildman–Crippen LogP) is 1.02. The molecule has 0 bridgehead atoms. The van der Waals surface area contributed by atoms with E-state index in [4.69, 9.17) is 25.6 Å². The minimum absolute atomic E-state index is 0.00289. The Labute approximate surface area is 177 Å². The van der Waals surface area contributed by atoms with Gasteiger partial charge in [-0.2, -0.15) is 4.98 Å². The van der Waals surface area contributed by atoms with Crippen molar-refractivity contribution >= 4 is 27.8 Å².